The zero-order chi connectivity index (χ0) is 20.0. The molecule has 2 aromatic carbocycles. The minimum Gasteiger partial charge on any atom is -0.493 e. The fourth-order valence-corrected chi connectivity index (χ4v) is 4.41. The van der Waals surface area contributed by atoms with Crippen molar-refractivity contribution in [1.29, 1.82) is 0 Å². The fourth-order valence-electron chi connectivity index (χ4n) is 3.17. The summed E-state index contributed by atoms with van der Waals surface area (Å²) < 4.78 is 0. The fraction of sp³-hybridized carbons (Fsp3) is 0.0476. The van der Waals surface area contributed by atoms with Crippen molar-refractivity contribution in [3.8, 4) is 16.3 Å². The van der Waals surface area contributed by atoms with Gasteiger partial charge in [-0.2, -0.15) is 0 Å². The van der Waals surface area contributed by atoms with Crippen molar-refractivity contribution in [3.63, 3.8) is 0 Å². The maximum Gasteiger partial charge on any atom is 0.218 e. The molecular formula is C21H14ClN5OS. The van der Waals surface area contributed by atoms with Crippen LogP contribution in [0.1, 0.15) is 5.82 Å². The third-order valence-corrected chi connectivity index (χ3v) is 5.81. The number of rotatable bonds is 3. The number of hydrogen-bond donors (Lipinski definition) is 2. The Bertz CT molecular complexity index is 1390. The average Bonchev–Trinajstić information content (AvgIpc) is 3.27. The molecular weight excluding hydrogens is 406 g/mol. The first-order valence-corrected chi connectivity index (χ1v) is 10.0. The molecule has 0 aliphatic carbocycles. The van der Waals surface area contributed by atoms with Crippen molar-refractivity contribution < 1.29 is 5.11 Å². The third kappa shape index (κ3) is 3.24. The van der Waals surface area contributed by atoms with Crippen LogP contribution >= 0.6 is 22.9 Å². The average molecular weight is 420 g/mol. The Hall–Kier alpha value is -3.29. The first-order valence-electron chi connectivity index (χ1n) is 8.84. The molecule has 5 rings (SSSR count). The molecule has 142 valence electrons. The molecule has 29 heavy (non-hydrogen) atoms. The summed E-state index contributed by atoms with van der Waals surface area (Å²) in [5.41, 5.74) is 2.16. The molecule has 3 aromatic heterocycles. The summed E-state index contributed by atoms with van der Waals surface area (Å²) in [6.45, 7) is 1.82. The van der Waals surface area contributed by atoms with Crippen LogP contribution in [0.4, 0.5) is 11.5 Å². The molecule has 6 nitrogen and oxygen atoms in total. The Morgan fingerprint density at radius 3 is 2.66 bits per heavy atom. The lowest BCUT2D eigenvalue weighted by molar-refractivity contribution is 0.459. The first kappa shape index (κ1) is 17.8. The van der Waals surface area contributed by atoms with Crippen molar-refractivity contribution >= 4 is 55.6 Å². The SMILES string of the molecule is Cc1nc(N=Nc2c(O)[nH]c3ccc(Cl)cc23)c2cc(-c3ccccc3)sc2n1. The smallest absolute Gasteiger partial charge is 0.218 e. The van der Waals surface area contributed by atoms with E-state index in [1.54, 1.807) is 29.5 Å². The molecule has 8 heteroatoms. The highest BCUT2D eigenvalue weighted by Crippen LogP contribution is 2.40. The van der Waals surface area contributed by atoms with Crippen LogP contribution in [0.25, 0.3) is 31.6 Å². The highest BCUT2D eigenvalue weighted by molar-refractivity contribution is 7.21. The highest BCUT2D eigenvalue weighted by atomic mass is 35.5. The largest absolute Gasteiger partial charge is 0.493 e. The third-order valence-electron chi connectivity index (χ3n) is 4.50. The molecule has 0 atom stereocenters. The second kappa shape index (κ2) is 6.95. The normalized spacial score (nSPS) is 11.8. The van der Waals surface area contributed by atoms with E-state index >= 15 is 0 Å². The van der Waals surface area contributed by atoms with Gasteiger partial charge >= 0.3 is 0 Å². The van der Waals surface area contributed by atoms with Gasteiger partial charge in [-0.3, -0.25) is 0 Å². The first-order chi connectivity index (χ1) is 14.1. The molecule has 2 N–H and O–H groups in total. The number of nitrogens with one attached hydrogen (secondary N) is 1. The van der Waals surface area contributed by atoms with Crippen LogP contribution in [0.2, 0.25) is 5.02 Å². The van der Waals surface area contributed by atoms with Gasteiger partial charge in [-0.1, -0.05) is 41.9 Å². The zero-order valence-corrected chi connectivity index (χ0v) is 16.8. The number of halogens is 1. The molecule has 0 saturated carbocycles. The highest BCUT2D eigenvalue weighted by Gasteiger charge is 2.14. The lowest BCUT2D eigenvalue weighted by Gasteiger charge is -1.97. The summed E-state index contributed by atoms with van der Waals surface area (Å²) in [7, 11) is 0. The van der Waals surface area contributed by atoms with Crippen LogP contribution < -0.4 is 0 Å². The molecule has 0 aliphatic rings. The summed E-state index contributed by atoms with van der Waals surface area (Å²) in [5, 5.41) is 20.9. The number of hydrogen-bond acceptors (Lipinski definition) is 6. The summed E-state index contributed by atoms with van der Waals surface area (Å²) in [5.74, 6) is 1.00. The van der Waals surface area contributed by atoms with Gasteiger partial charge in [0, 0.05) is 15.3 Å². The van der Waals surface area contributed by atoms with Crippen LogP contribution in [0.5, 0.6) is 5.88 Å². The molecule has 0 bridgehead atoms. The number of azo groups is 1. The van der Waals surface area contributed by atoms with Crippen LogP contribution in [0.15, 0.2) is 64.8 Å². The van der Waals surface area contributed by atoms with Crippen molar-refractivity contribution in [1.82, 2.24) is 15.0 Å². The van der Waals surface area contributed by atoms with Crippen molar-refractivity contribution in [2.75, 3.05) is 0 Å². The number of aromatic nitrogens is 3. The van der Waals surface area contributed by atoms with Gasteiger partial charge in [0.2, 0.25) is 5.88 Å². The van der Waals surface area contributed by atoms with Gasteiger partial charge in [0.25, 0.3) is 0 Å². The van der Waals surface area contributed by atoms with Gasteiger partial charge < -0.3 is 10.1 Å². The molecule has 0 aliphatic heterocycles. The molecule has 0 saturated heterocycles. The van der Waals surface area contributed by atoms with Crippen molar-refractivity contribution in [2.24, 2.45) is 10.2 Å². The van der Waals surface area contributed by atoms with Gasteiger partial charge in [0.1, 0.15) is 10.7 Å². The maximum atomic E-state index is 10.2. The number of fused-ring (bicyclic) bond motifs is 2. The van der Waals surface area contributed by atoms with E-state index in [9.17, 15) is 5.11 Å². The number of aromatic hydroxyl groups is 1. The summed E-state index contributed by atoms with van der Waals surface area (Å²) >= 11 is 7.67. The number of benzene rings is 2. The second-order valence-corrected chi connectivity index (χ2v) is 7.97. The predicted molar refractivity (Wildman–Crippen MR) is 117 cm³/mol. The van der Waals surface area contributed by atoms with Gasteiger partial charge in [-0.25, -0.2) is 9.97 Å². The van der Waals surface area contributed by atoms with Gasteiger partial charge in [0.15, 0.2) is 11.5 Å². The van der Waals surface area contributed by atoms with Gasteiger partial charge in [-0.15, -0.1) is 21.6 Å². The Balaban J connectivity index is 1.63. The number of aryl methyl sites for hydroxylation is 1. The monoisotopic (exact) mass is 419 g/mol. The summed E-state index contributed by atoms with van der Waals surface area (Å²) in [4.78, 5) is 13.8. The van der Waals surface area contributed by atoms with Crippen molar-refractivity contribution in [3.05, 3.63) is 65.4 Å². The zero-order valence-electron chi connectivity index (χ0n) is 15.2. The Morgan fingerprint density at radius 1 is 1.00 bits per heavy atom. The summed E-state index contributed by atoms with van der Waals surface area (Å²) in [6.07, 6.45) is 0. The van der Waals surface area contributed by atoms with E-state index in [4.69, 9.17) is 11.6 Å². The molecule has 0 unspecified atom stereocenters. The lowest BCUT2D eigenvalue weighted by atomic mass is 10.2. The van der Waals surface area contributed by atoms with E-state index in [0.717, 1.165) is 26.2 Å². The quantitative estimate of drug-likeness (QED) is 0.311. The van der Waals surface area contributed by atoms with Crippen LogP contribution in [0.3, 0.4) is 0 Å². The standard InChI is InChI=1S/C21H14ClN5OS/c1-11-23-19(15-10-17(29-21(15)24-11)12-5-3-2-4-6-12)27-26-18-14-9-13(22)7-8-16(14)25-20(18)28/h2-10,25,28H,1H3. The van der Waals surface area contributed by atoms with Gasteiger partial charge in [0.05, 0.1) is 10.9 Å². The van der Waals surface area contributed by atoms with E-state index in [2.05, 4.69) is 37.3 Å². The second-order valence-electron chi connectivity index (χ2n) is 6.50. The van der Waals surface area contributed by atoms with E-state index < -0.39 is 0 Å². The number of thiophene rings is 1. The van der Waals surface area contributed by atoms with Crippen LogP contribution in [-0.4, -0.2) is 20.1 Å². The molecule has 0 spiro atoms. The van der Waals surface area contributed by atoms with Crippen molar-refractivity contribution in [2.45, 2.75) is 6.92 Å². The topological polar surface area (TPSA) is 86.5 Å². The minimum absolute atomic E-state index is 0.0664. The minimum atomic E-state index is -0.0664. The Morgan fingerprint density at radius 2 is 1.83 bits per heavy atom. The Labute approximate surface area is 174 Å². The molecule has 0 amide bonds. The molecule has 0 fully saturated rings. The molecule has 5 aromatic rings. The van der Waals surface area contributed by atoms with E-state index in [1.165, 1.54) is 0 Å². The molecule has 0 radical (unpaired) electrons. The molecule has 3 heterocycles. The van der Waals surface area contributed by atoms with Crippen LogP contribution in [0, 0.1) is 6.92 Å². The van der Waals surface area contributed by atoms with E-state index in [-0.39, 0.29) is 5.88 Å². The van der Waals surface area contributed by atoms with E-state index in [0.29, 0.717) is 27.7 Å². The maximum absolute atomic E-state index is 10.2. The lowest BCUT2D eigenvalue weighted by Crippen LogP contribution is -1.85. The number of H-pyrrole nitrogens is 1. The summed E-state index contributed by atoms with van der Waals surface area (Å²) in [6, 6.07) is 17.4. The number of nitrogens with zero attached hydrogens (tertiary/aromatic N) is 4. The number of aromatic amines is 1. The van der Waals surface area contributed by atoms with Crippen LogP contribution in [-0.2, 0) is 0 Å². The van der Waals surface area contributed by atoms with E-state index in [1.807, 2.05) is 31.2 Å². The predicted octanol–water partition coefficient (Wildman–Crippen LogP) is 6.92. The Kier molecular flexibility index (Phi) is 4.26. The van der Waals surface area contributed by atoms with Gasteiger partial charge in [-0.05, 0) is 36.8 Å².